The molecule has 1 N–H and O–H groups in total. The van der Waals surface area contributed by atoms with Crippen LogP contribution in [0.15, 0.2) is 0 Å². The molecule has 1 rings (SSSR count). The van der Waals surface area contributed by atoms with Gasteiger partial charge in [-0.3, -0.25) is 0 Å². The molecule has 3 nitrogen and oxygen atoms in total. The van der Waals surface area contributed by atoms with Crippen molar-refractivity contribution in [3.63, 3.8) is 0 Å². The van der Waals surface area contributed by atoms with Gasteiger partial charge in [0.2, 0.25) is 0 Å². The lowest BCUT2D eigenvalue weighted by Gasteiger charge is -2.05. The maximum Gasteiger partial charge on any atom is 0.119 e. The van der Waals surface area contributed by atoms with Gasteiger partial charge in [-0.05, 0) is 19.4 Å². The van der Waals surface area contributed by atoms with Gasteiger partial charge in [-0.25, -0.2) is 4.98 Å². The van der Waals surface area contributed by atoms with Gasteiger partial charge in [0.05, 0.1) is 12.3 Å². The van der Waals surface area contributed by atoms with Crippen molar-refractivity contribution in [1.29, 1.82) is 0 Å². The highest BCUT2D eigenvalue weighted by atomic mass is 32.1. The molecule has 0 bridgehead atoms. The minimum absolute atomic E-state index is 0.621. The minimum Gasteiger partial charge on any atom is -0.378 e. The van der Waals surface area contributed by atoms with Gasteiger partial charge in [0.25, 0.3) is 0 Å². The number of nitrogens with one attached hydrogen (secondary N) is 1. The zero-order valence-corrected chi connectivity index (χ0v) is 10.8. The van der Waals surface area contributed by atoms with E-state index in [2.05, 4.69) is 31.1 Å². The third kappa shape index (κ3) is 4.28. The summed E-state index contributed by atoms with van der Waals surface area (Å²) < 4.78 is 5.07. The Labute approximate surface area is 95.9 Å². The zero-order valence-electron chi connectivity index (χ0n) is 9.96. The Morgan fingerprint density at radius 1 is 1.47 bits per heavy atom. The van der Waals surface area contributed by atoms with Crippen LogP contribution in [0.25, 0.3) is 0 Å². The fourth-order valence-corrected chi connectivity index (χ4v) is 2.32. The topological polar surface area (TPSA) is 34.1 Å². The monoisotopic (exact) mass is 228 g/mol. The number of aryl methyl sites for hydroxylation is 1. The molecule has 0 saturated heterocycles. The molecular weight excluding hydrogens is 208 g/mol. The fraction of sp³-hybridized carbons (Fsp3) is 0.727. The van der Waals surface area contributed by atoms with Crippen LogP contribution in [0.1, 0.15) is 29.4 Å². The highest BCUT2D eigenvalue weighted by molar-refractivity contribution is 7.11. The van der Waals surface area contributed by atoms with Crippen molar-refractivity contribution in [2.75, 3.05) is 13.7 Å². The van der Waals surface area contributed by atoms with E-state index < -0.39 is 0 Å². The lowest BCUT2D eigenvalue weighted by molar-refractivity contribution is 0.184. The van der Waals surface area contributed by atoms with Crippen LogP contribution in [-0.4, -0.2) is 18.6 Å². The zero-order chi connectivity index (χ0) is 11.3. The first-order valence-electron chi connectivity index (χ1n) is 5.28. The largest absolute Gasteiger partial charge is 0.378 e. The van der Waals surface area contributed by atoms with Crippen LogP contribution in [0.5, 0.6) is 0 Å². The van der Waals surface area contributed by atoms with Crippen molar-refractivity contribution >= 4 is 11.3 Å². The van der Waals surface area contributed by atoms with Crippen molar-refractivity contribution in [2.24, 2.45) is 5.92 Å². The van der Waals surface area contributed by atoms with E-state index in [4.69, 9.17) is 4.74 Å². The fourth-order valence-electron chi connectivity index (χ4n) is 1.31. The number of hydrogen-bond acceptors (Lipinski definition) is 4. The van der Waals surface area contributed by atoms with Gasteiger partial charge in [-0.1, -0.05) is 13.8 Å². The Morgan fingerprint density at radius 3 is 2.80 bits per heavy atom. The molecule has 0 aromatic carbocycles. The van der Waals surface area contributed by atoms with Gasteiger partial charge in [0.1, 0.15) is 5.01 Å². The Hall–Kier alpha value is -0.450. The minimum atomic E-state index is 0.621. The molecule has 0 aliphatic carbocycles. The Kier molecular flexibility index (Phi) is 5.22. The maximum atomic E-state index is 5.07. The first-order valence-corrected chi connectivity index (χ1v) is 6.10. The molecule has 0 radical (unpaired) electrons. The highest BCUT2D eigenvalue weighted by Gasteiger charge is 2.06. The van der Waals surface area contributed by atoms with Crippen molar-refractivity contribution in [3.8, 4) is 0 Å². The molecule has 0 amide bonds. The van der Waals surface area contributed by atoms with Crippen LogP contribution >= 0.6 is 11.3 Å². The first-order chi connectivity index (χ1) is 7.13. The summed E-state index contributed by atoms with van der Waals surface area (Å²) in [6.45, 7) is 9.08. The number of thiazole rings is 1. The number of aromatic nitrogens is 1. The van der Waals surface area contributed by atoms with Crippen LogP contribution in [0, 0.1) is 12.8 Å². The smallest absolute Gasteiger partial charge is 0.119 e. The van der Waals surface area contributed by atoms with Gasteiger partial charge in [-0.15, -0.1) is 11.3 Å². The summed E-state index contributed by atoms with van der Waals surface area (Å²) in [4.78, 5) is 5.77. The molecule has 1 aromatic heterocycles. The second kappa shape index (κ2) is 6.20. The van der Waals surface area contributed by atoms with Crippen LogP contribution in [0.4, 0.5) is 0 Å². The van der Waals surface area contributed by atoms with Gasteiger partial charge >= 0.3 is 0 Å². The van der Waals surface area contributed by atoms with E-state index >= 15 is 0 Å². The lowest BCUT2D eigenvalue weighted by atomic mass is 10.2. The van der Waals surface area contributed by atoms with Gasteiger partial charge in [0.15, 0.2) is 0 Å². The number of rotatable bonds is 6. The van der Waals surface area contributed by atoms with Crippen LogP contribution < -0.4 is 5.32 Å². The molecule has 4 heteroatoms. The summed E-state index contributed by atoms with van der Waals surface area (Å²) in [5.41, 5.74) is 1.13. The quantitative estimate of drug-likeness (QED) is 0.811. The van der Waals surface area contributed by atoms with Crippen molar-refractivity contribution in [2.45, 2.75) is 33.9 Å². The molecule has 86 valence electrons. The van der Waals surface area contributed by atoms with E-state index in [9.17, 15) is 0 Å². The molecule has 0 saturated carbocycles. The summed E-state index contributed by atoms with van der Waals surface area (Å²) in [7, 11) is 1.70. The predicted molar refractivity (Wildman–Crippen MR) is 64.1 cm³/mol. The Balaban J connectivity index is 2.46. The standard InChI is InChI=1S/C11H20N2OS/c1-8(2)5-12-6-10-9(3)13-11(15-10)7-14-4/h8,12H,5-7H2,1-4H3. The summed E-state index contributed by atoms with van der Waals surface area (Å²) in [6, 6.07) is 0. The molecule has 0 aliphatic rings. The van der Waals surface area contributed by atoms with Gasteiger partial charge in [0, 0.05) is 18.5 Å². The van der Waals surface area contributed by atoms with Crippen LogP contribution in [0.2, 0.25) is 0 Å². The van der Waals surface area contributed by atoms with Gasteiger partial charge < -0.3 is 10.1 Å². The maximum absolute atomic E-state index is 5.07. The average molecular weight is 228 g/mol. The molecule has 0 aliphatic heterocycles. The third-order valence-corrected chi connectivity index (χ3v) is 3.17. The van der Waals surface area contributed by atoms with E-state index in [1.807, 2.05) is 0 Å². The second-order valence-electron chi connectivity index (χ2n) is 4.07. The molecule has 0 atom stereocenters. The van der Waals surface area contributed by atoms with Crippen molar-refractivity contribution < 1.29 is 4.74 Å². The first kappa shape index (κ1) is 12.6. The molecule has 0 spiro atoms. The van der Waals surface area contributed by atoms with Crippen molar-refractivity contribution in [1.82, 2.24) is 10.3 Å². The summed E-state index contributed by atoms with van der Waals surface area (Å²) in [6.07, 6.45) is 0. The Bertz CT molecular complexity index is 297. The average Bonchev–Trinajstić information content (AvgIpc) is 2.47. The summed E-state index contributed by atoms with van der Waals surface area (Å²) >= 11 is 1.74. The third-order valence-electron chi connectivity index (χ3n) is 2.04. The normalized spacial score (nSPS) is 11.3. The van der Waals surface area contributed by atoms with E-state index in [1.54, 1.807) is 18.4 Å². The van der Waals surface area contributed by atoms with E-state index in [-0.39, 0.29) is 0 Å². The van der Waals surface area contributed by atoms with Crippen LogP contribution in [0.3, 0.4) is 0 Å². The number of nitrogens with zero attached hydrogens (tertiary/aromatic N) is 1. The molecule has 15 heavy (non-hydrogen) atoms. The molecule has 1 aromatic rings. The molecule has 0 fully saturated rings. The van der Waals surface area contributed by atoms with E-state index in [0.717, 1.165) is 23.8 Å². The number of ether oxygens (including phenoxy) is 1. The summed E-state index contributed by atoms with van der Waals surface area (Å²) in [5, 5.41) is 4.49. The molecular formula is C11H20N2OS. The number of methoxy groups -OCH3 is 1. The van der Waals surface area contributed by atoms with E-state index in [0.29, 0.717) is 12.5 Å². The molecule has 0 unspecified atom stereocenters. The van der Waals surface area contributed by atoms with E-state index in [1.165, 1.54) is 4.88 Å². The lowest BCUT2D eigenvalue weighted by Crippen LogP contribution is -2.18. The SMILES string of the molecule is COCc1nc(C)c(CNCC(C)C)s1. The second-order valence-corrected chi connectivity index (χ2v) is 5.24. The van der Waals surface area contributed by atoms with Crippen LogP contribution in [-0.2, 0) is 17.9 Å². The highest BCUT2D eigenvalue weighted by Crippen LogP contribution is 2.18. The Morgan fingerprint density at radius 2 is 2.20 bits per heavy atom. The van der Waals surface area contributed by atoms with Gasteiger partial charge in [-0.2, -0.15) is 0 Å². The number of hydrogen-bond donors (Lipinski definition) is 1. The predicted octanol–water partition coefficient (Wildman–Crippen LogP) is 2.34. The summed E-state index contributed by atoms with van der Waals surface area (Å²) in [5.74, 6) is 0.691. The van der Waals surface area contributed by atoms with Crippen molar-refractivity contribution in [3.05, 3.63) is 15.6 Å². The molecule has 1 heterocycles.